The lowest BCUT2D eigenvalue weighted by Gasteiger charge is -2.22. The van der Waals surface area contributed by atoms with Crippen molar-refractivity contribution in [3.63, 3.8) is 0 Å². The summed E-state index contributed by atoms with van der Waals surface area (Å²) in [7, 11) is 0. The minimum absolute atomic E-state index is 0.0535. The quantitative estimate of drug-likeness (QED) is 0.861. The number of carbonyl (C=O) groups excluding carboxylic acids is 1. The standard InChI is InChI=1S/C16H22N4O3/c1-9(2)16-17-15(19-23-16)13-6-5-7-20(13)14(21)8-12-10(3)18-22-11(12)4/h9,13H,5-8H2,1-4H3/t13-/m0/s1. The summed E-state index contributed by atoms with van der Waals surface area (Å²) >= 11 is 0. The minimum atomic E-state index is -0.0979. The molecule has 3 heterocycles. The van der Waals surface area contributed by atoms with Gasteiger partial charge in [0, 0.05) is 18.0 Å². The van der Waals surface area contributed by atoms with Gasteiger partial charge in [-0.25, -0.2) is 0 Å². The van der Waals surface area contributed by atoms with Crippen LogP contribution in [-0.4, -0.2) is 32.6 Å². The molecule has 1 saturated heterocycles. The highest BCUT2D eigenvalue weighted by Crippen LogP contribution is 2.31. The summed E-state index contributed by atoms with van der Waals surface area (Å²) in [5.41, 5.74) is 1.64. The SMILES string of the molecule is Cc1noc(C)c1CC(=O)N1CCC[C@H]1c1noc(C(C)C)n1. The highest BCUT2D eigenvalue weighted by molar-refractivity contribution is 5.79. The Morgan fingerprint density at radius 1 is 1.30 bits per heavy atom. The van der Waals surface area contributed by atoms with Crippen molar-refractivity contribution in [1.29, 1.82) is 0 Å². The highest BCUT2D eigenvalue weighted by atomic mass is 16.5. The van der Waals surface area contributed by atoms with Gasteiger partial charge in [-0.15, -0.1) is 0 Å². The molecule has 124 valence electrons. The number of aryl methyl sites for hydroxylation is 2. The number of carbonyl (C=O) groups is 1. The van der Waals surface area contributed by atoms with Crippen LogP contribution >= 0.6 is 0 Å². The number of hydrogen-bond donors (Lipinski definition) is 0. The fraction of sp³-hybridized carbons (Fsp3) is 0.625. The molecule has 2 aromatic heterocycles. The van der Waals surface area contributed by atoms with Crippen molar-refractivity contribution in [3.05, 3.63) is 28.7 Å². The van der Waals surface area contributed by atoms with Crippen molar-refractivity contribution in [2.24, 2.45) is 0 Å². The smallest absolute Gasteiger partial charge is 0.229 e. The normalized spacial score (nSPS) is 18.1. The molecule has 23 heavy (non-hydrogen) atoms. The Bertz CT molecular complexity index is 684. The zero-order valence-electron chi connectivity index (χ0n) is 14.0. The van der Waals surface area contributed by atoms with E-state index in [2.05, 4.69) is 15.3 Å². The molecule has 1 atom stereocenters. The van der Waals surface area contributed by atoms with Gasteiger partial charge in [0.2, 0.25) is 11.8 Å². The Labute approximate surface area is 135 Å². The van der Waals surface area contributed by atoms with Crippen LogP contribution in [0.15, 0.2) is 9.05 Å². The first kappa shape index (κ1) is 15.7. The van der Waals surface area contributed by atoms with Gasteiger partial charge in [0.25, 0.3) is 0 Å². The summed E-state index contributed by atoms with van der Waals surface area (Å²) in [5, 5.41) is 7.98. The highest BCUT2D eigenvalue weighted by Gasteiger charge is 2.34. The van der Waals surface area contributed by atoms with Crippen LogP contribution in [0.3, 0.4) is 0 Å². The van der Waals surface area contributed by atoms with Gasteiger partial charge in [-0.05, 0) is 26.7 Å². The predicted octanol–water partition coefficient (Wildman–Crippen LogP) is 2.70. The largest absolute Gasteiger partial charge is 0.361 e. The van der Waals surface area contributed by atoms with E-state index in [0.29, 0.717) is 23.9 Å². The maximum atomic E-state index is 12.7. The van der Waals surface area contributed by atoms with E-state index in [4.69, 9.17) is 9.05 Å². The fourth-order valence-electron chi connectivity index (χ4n) is 2.96. The van der Waals surface area contributed by atoms with E-state index in [9.17, 15) is 4.79 Å². The van der Waals surface area contributed by atoms with E-state index in [1.165, 1.54) is 0 Å². The number of hydrogen-bond acceptors (Lipinski definition) is 6. The molecule has 2 aromatic rings. The molecule has 7 nitrogen and oxygen atoms in total. The molecule has 0 radical (unpaired) electrons. The van der Waals surface area contributed by atoms with E-state index < -0.39 is 0 Å². The van der Waals surface area contributed by atoms with Crippen molar-refractivity contribution in [2.75, 3.05) is 6.54 Å². The van der Waals surface area contributed by atoms with Gasteiger partial charge in [-0.3, -0.25) is 4.79 Å². The molecule has 1 aliphatic rings. The summed E-state index contributed by atoms with van der Waals surface area (Å²) in [6.45, 7) is 8.42. The molecular weight excluding hydrogens is 296 g/mol. The summed E-state index contributed by atoms with van der Waals surface area (Å²) in [6.07, 6.45) is 2.11. The third-order valence-corrected chi connectivity index (χ3v) is 4.33. The van der Waals surface area contributed by atoms with Crippen molar-refractivity contribution in [2.45, 2.75) is 58.9 Å². The average molecular weight is 318 g/mol. The summed E-state index contributed by atoms with van der Waals surface area (Å²) < 4.78 is 10.4. The molecule has 0 aliphatic carbocycles. The maximum Gasteiger partial charge on any atom is 0.229 e. The topological polar surface area (TPSA) is 85.3 Å². The second kappa shape index (κ2) is 6.14. The van der Waals surface area contributed by atoms with Gasteiger partial charge in [0.15, 0.2) is 5.82 Å². The van der Waals surface area contributed by atoms with E-state index in [1.807, 2.05) is 32.6 Å². The molecule has 0 spiro atoms. The van der Waals surface area contributed by atoms with Crippen LogP contribution in [0.4, 0.5) is 0 Å². The molecular formula is C16H22N4O3. The van der Waals surface area contributed by atoms with Crippen LogP contribution in [0.5, 0.6) is 0 Å². The number of nitrogens with zero attached hydrogens (tertiary/aromatic N) is 4. The lowest BCUT2D eigenvalue weighted by molar-refractivity contribution is -0.131. The number of likely N-dealkylation sites (tertiary alicyclic amines) is 1. The van der Waals surface area contributed by atoms with Gasteiger partial charge >= 0.3 is 0 Å². The number of aromatic nitrogens is 3. The van der Waals surface area contributed by atoms with Crippen LogP contribution in [0.25, 0.3) is 0 Å². The summed E-state index contributed by atoms with van der Waals surface area (Å²) in [4.78, 5) is 19.0. The zero-order chi connectivity index (χ0) is 16.6. The second-order valence-corrected chi connectivity index (χ2v) is 6.37. The first-order chi connectivity index (χ1) is 11.0. The number of rotatable bonds is 4. The van der Waals surface area contributed by atoms with Crippen molar-refractivity contribution in [3.8, 4) is 0 Å². The van der Waals surface area contributed by atoms with Gasteiger partial charge in [0.1, 0.15) is 5.76 Å². The van der Waals surface area contributed by atoms with Crippen LogP contribution in [0, 0.1) is 13.8 Å². The molecule has 1 amide bonds. The van der Waals surface area contributed by atoms with E-state index in [0.717, 1.165) is 30.6 Å². The van der Waals surface area contributed by atoms with Crippen LogP contribution in [-0.2, 0) is 11.2 Å². The van der Waals surface area contributed by atoms with E-state index >= 15 is 0 Å². The first-order valence-corrected chi connectivity index (χ1v) is 8.02. The van der Waals surface area contributed by atoms with Gasteiger partial charge in [-0.1, -0.05) is 24.2 Å². The van der Waals surface area contributed by atoms with Gasteiger partial charge < -0.3 is 13.9 Å². The molecule has 0 N–H and O–H groups in total. The summed E-state index contributed by atoms with van der Waals surface area (Å²) in [5.74, 6) is 2.17. The summed E-state index contributed by atoms with van der Waals surface area (Å²) in [6, 6.07) is -0.0979. The average Bonchev–Trinajstić information content (AvgIpc) is 3.21. The molecule has 0 unspecified atom stereocenters. The molecule has 0 aromatic carbocycles. The Balaban J connectivity index is 1.76. The number of amides is 1. The van der Waals surface area contributed by atoms with Crippen molar-refractivity contribution < 1.29 is 13.8 Å². The third-order valence-electron chi connectivity index (χ3n) is 4.33. The molecule has 1 aliphatic heterocycles. The van der Waals surface area contributed by atoms with E-state index in [1.54, 1.807) is 0 Å². The van der Waals surface area contributed by atoms with Gasteiger partial charge in [0.05, 0.1) is 18.2 Å². The van der Waals surface area contributed by atoms with Crippen LogP contribution in [0.2, 0.25) is 0 Å². The van der Waals surface area contributed by atoms with E-state index in [-0.39, 0.29) is 17.9 Å². The Hall–Kier alpha value is -2.18. The lowest BCUT2D eigenvalue weighted by Crippen LogP contribution is -2.32. The molecule has 7 heteroatoms. The fourth-order valence-corrected chi connectivity index (χ4v) is 2.96. The molecule has 3 rings (SSSR count). The minimum Gasteiger partial charge on any atom is -0.361 e. The van der Waals surface area contributed by atoms with Crippen LogP contribution < -0.4 is 0 Å². The van der Waals surface area contributed by atoms with Gasteiger partial charge in [-0.2, -0.15) is 4.98 Å². The second-order valence-electron chi connectivity index (χ2n) is 6.37. The molecule has 0 saturated carbocycles. The van der Waals surface area contributed by atoms with Crippen molar-refractivity contribution >= 4 is 5.91 Å². The lowest BCUT2D eigenvalue weighted by atomic mass is 10.1. The molecule has 1 fully saturated rings. The first-order valence-electron chi connectivity index (χ1n) is 8.02. The Kier molecular flexibility index (Phi) is 4.19. The Morgan fingerprint density at radius 2 is 2.09 bits per heavy atom. The maximum absolute atomic E-state index is 12.7. The molecule has 0 bridgehead atoms. The van der Waals surface area contributed by atoms with Crippen molar-refractivity contribution in [1.82, 2.24) is 20.2 Å². The van der Waals surface area contributed by atoms with Crippen LogP contribution in [0.1, 0.15) is 67.4 Å². The monoisotopic (exact) mass is 318 g/mol. The predicted molar refractivity (Wildman–Crippen MR) is 81.8 cm³/mol. The Morgan fingerprint density at radius 3 is 2.70 bits per heavy atom. The zero-order valence-corrected chi connectivity index (χ0v) is 14.0. The third kappa shape index (κ3) is 3.00.